The fourth-order valence-corrected chi connectivity index (χ4v) is 8.52. The standard InChI is InChI=1S/C45H58ClF3N8O11S2/c1-44(2,70(61,62)38-10-8-32(28-55-38)45(47,48)49)42(60)54-14-22-69-36-9-7-30(26-33(36)46)41(59)53-13-6-16-66-19-21-67-20-18-65-15-5-12-52-37(58)11-17-68-39-34(63-3)24-29(25-35(39)64-4)23-31-27-56-43(51)57-40(31)50/h7-10,24-28H,5-6,11-23H2,1-4H3,(H,52,58)(H,53,59)(H,54,60)(H4,50,51,56,57). The molecule has 0 fully saturated rings. The van der Waals surface area contributed by atoms with E-state index in [1.54, 1.807) is 30.5 Å². The highest BCUT2D eigenvalue weighted by molar-refractivity contribution is 7.99. The number of nitrogens with two attached hydrogens (primary N) is 2. The number of rotatable bonds is 30. The highest BCUT2D eigenvalue weighted by Crippen LogP contribution is 2.39. The molecule has 0 saturated heterocycles. The molecule has 0 atom stereocenters. The highest BCUT2D eigenvalue weighted by Gasteiger charge is 2.44. The van der Waals surface area contributed by atoms with Crippen LogP contribution in [0.5, 0.6) is 17.2 Å². The second-order valence-corrected chi connectivity index (χ2v) is 19.5. The summed E-state index contributed by atoms with van der Waals surface area (Å²) in [7, 11) is -1.42. The maximum absolute atomic E-state index is 13.0. The van der Waals surface area contributed by atoms with Crippen molar-refractivity contribution in [3.05, 3.63) is 82.1 Å². The molecule has 25 heteroatoms. The van der Waals surface area contributed by atoms with Crippen LogP contribution in [-0.4, -0.2) is 132 Å². The molecule has 3 amide bonds. The third kappa shape index (κ3) is 17.3. The molecule has 70 heavy (non-hydrogen) atoms. The summed E-state index contributed by atoms with van der Waals surface area (Å²) in [6, 6.07) is 9.66. The summed E-state index contributed by atoms with van der Waals surface area (Å²) in [4.78, 5) is 50.0. The van der Waals surface area contributed by atoms with Crippen molar-refractivity contribution in [3.8, 4) is 17.2 Å². The minimum absolute atomic E-state index is 0.0452. The van der Waals surface area contributed by atoms with Gasteiger partial charge in [0.05, 0.1) is 64.3 Å². The zero-order valence-electron chi connectivity index (χ0n) is 39.1. The van der Waals surface area contributed by atoms with Gasteiger partial charge in [-0.3, -0.25) is 14.4 Å². The smallest absolute Gasteiger partial charge is 0.417 e. The summed E-state index contributed by atoms with van der Waals surface area (Å²) < 4.78 is 96.3. The van der Waals surface area contributed by atoms with Gasteiger partial charge in [-0.2, -0.15) is 18.2 Å². The van der Waals surface area contributed by atoms with Gasteiger partial charge in [0.2, 0.25) is 33.3 Å². The van der Waals surface area contributed by atoms with Gasteiger partial charge in [-0.05, 0) is 74.7 Å². The summed E-state index contributed by atoms with van der Waals surface area (Å²) in [6.45, 7) is 5.52. The number of hydrogen-bond acceptors (Lipinski definition) is 17. The summed E-state index contributed by atoms with van der Waals surface area (Å²) in [5.74, 6) is 0.523. The Bertz CT molecular complexity index is 2450. The van der Waals surface area contributed by atoms with Gasteiger partial charge in [-0.1, -0.05) is 11.6 Å². The van der Waals surface area contributed by atoms with Gasteiger partial charge in [-0.25, -0.2) is 18.4 Å². The number of halogens is 4. The Balaban J connectivity index is 0.984. The van der Waals surface area contributed by atoms with Gasteiger partial charge in [0.25, 0.3) is 5.91 Å². The van der Waals surface area contributed by atoms with Gasteiger partial charge in [0, 0.05) is 73.4 Å². The number of methoxy groups -OCH3 is 2. The molecular formula is C45H58ClF3N8O11S2. The molecule has 2 aromatic carbocycles. The number of sulfone groups is 1. The number of hydrogen-bond donors (Lipinski definition) is 5. The first-order valence-electron chi connectivity index (χ1n) is 21.8. The van der Waals surface area contributed by atoms with E-state index in [2.05, 4.69) is 30.9 Å². The minimum Gasteiger partial charge on any atom is -0.493 e. The summed E-state index contributed by atoms with van der Waals surface area (Å²) >= 11 is 7.67. The third-order valence-electron chi connectivity index (χ3n) is 10.1. The van der Waals surface area contributed by atoms with E-state index in [-0.39, 0.29) is 43.2 Å². The quantitative estimate of drug-likeness (QED) is 0.0343. The lowest BCUT2D eigenvalue weighted by Gasteiger charge is -2.23. The molecule has 0 bridgehead atoms. The molecule has 0 aliphatic rings. The molecule has 19 nitrogen and oxygen atoms in total. The monoisotopic (exact) mass is 1040 g/mol. The van der Waals surface area contributed by atoms with Crippen LogP contribution in [0.15, 0.2) is 64.8 Å². The molecule has 0 saturated carbocycles. The average Bonchev–Trinajstić information content (AvgIpc) is 3.32. The van der Waals surface area contributed by atoms with Crippen molar-refractivity contribution in [2.75, 3.05) is 97.3 Å². The number of anilines is 2. The number of alkyl halides is 3. The number of nitrogen functional groups attached to an aromatic ring is 2. The molecule has 0 aliphatic carbocycles. The largest absolute Gasteiger partial charge is 0.493 e. The van der Waals surface area contributed by atoms with Gasteiger partial charge >= 0.3 is 6.18 Å². The lowest BCUT2D eigenvalue weighted by atomic mass is 10.1. The van der Waals surface area contributed by atoms with Crippen LogP contribution in [0.25, 0.3) is 0 Å². The van der Waals surface area contributed by atoms with Crippen LogP contribution in [0.1, 0.15) is 60.2 Å². The Morgan fingerprint density at radius 2 is 1.41 bits per heavy atom. The molecule has 0 radical (unpaired) electrons. The molecule has 0 unspecified atom stereocenters. The van der Waals surface area contributed by atoms with Gasteiger partial charge in [0.1, 0.15) is 5.82 Å². The molecule has 2 aromatic heterocycles. The maximum atomic E-state index is 13.0. The Kier molecular flexibility index (Phi) is 22.5. The molecular weight excluding hydrogens is 985 g/mol. The van der Waals surface area contributed by atoms with E-state index >= 15 is 0 Å². The second kappa shape index (κ2) is 27.7. The van der Waals surface area contributed by atoms with Crippen LogP contribution in [0.4, 0.5) is 24.9 Å². The number of ether oxygens (including phenoxy) is 6. The Morgan fingerprint density at radius 3 is 1.99 bits per heavy atom. The fraction of sp³-hybridized carbons (Fsp3) is 0.467. The SMILES string of the molecule is COc1cc(Cc2cnc(N)nc2N)cc(OC)c1OCCC(=O)NCCCOCCOCCOCCCNC(=O)c1ccc(SCCNC(=O)C(C)(C)S(=O)(=O)c2ccc(C(F)(F)F)cn2)c(Cl)c1. The van der Waals surface area contributed by atoms with Crippen molar-refractivity contribution in [1.82, 2.24) is 30.9 Å². The highest BCUT2D eigenvalue weighted by atomic mass is 35.5. The van der Waals surface area contributed by atoms with E-state index in [1.807, 2.05) is 0 Å². The number of carbonyl (C=O) groups is 3. The number of pyridine rings is 1. The molecule has 4 aromatic rings. The zero-order valence-corrected chi connectivity index (χ0v) is 41.5. The van der Waals surface area contributed by atoms with E-state index in [0.717, 1.165) is 25.5 Å². The van der Waals surface area contributed by atoms with Crippen molar-refractivity contribution in [3.63, 3.8) is 0 Å². The first-order valence-corrected chi connectivity index (χ1v) is 24.6. The summed E-state index contributed by atoms with van der Waals surface area (Å²) in [5.41, 5.74) is 12.3. The van der Waals surface area contributed by atoms with E-state index < -0.39 is 37.3 Å². The van der Waals surface area contributed by atoms with Crippen molar-refractivity contribution in [2.24, 2.45) is 0 Å². The van der Waals surface area contributed by atoms with Crippen LogP contribution in [0.3, 0.4) is 0 Å². The Hall–Kier alpha value is -5.66. The van der Waals surface area contributed by atoms with Gasteiger partial charge in [0.15, 0.2) is 21.3 Å². The van der Waals surface area contributed by atoms with Crippen LogP contribution in [-0.2, 0) is 46.2 Å². The van der Waals surface area contributed by atoms with Crippen LogP contribution >= 0.6 is 23.4 Å². The predicted octanol–water partition coefficient (Wildman–Crippen LogP) is 4.92. The fourth-order valence-electron chi connectivity index (χ4n) is 6.11. The first kappa shape index (κ1) is 56.9. The predicted molar refractivity (Wildman–Crippen MR) is 256 cm³/mol. The van der Waals surface area contributed by atoms with E-state index in [4.69, 9.17) is 51.5 Å². The van der Waals surface area contributed by atoms with Crippen molar-refractivity contribution in [1.29, 1.82) is 0 Å². The number of nitrogens with one attached hydrogen (secondary N) is 3. The molecule has 0 spiro atoms. The lowest BCUT2D eigenvalue weighted by Crippen LogP contribution is -2.48. The molecule has 4 rings (SSSR count). The molecule has 0 aliphatic heterocycles. The second-order valence-electron chi connectivity index (χ2n) is 15.5. The topological polar surface area (TPSA) is 268 Å². The average molecular weight is 1040 g/mol. The van der Waals surface area contributed by atoms with E-state index in [9.17, 15) is 36.0 Å². The number of benzene rings is 2. The van der Waals surface area contributed by atoms with Crippen molar-refractivity contribution < 1.29 is 64.4 Å². The summed E-state index contributed by atoms with van der Waals surface area (Å²) in [5, 5.41) is 7.83. The van der Waals surface area contributed by atoms with Crippen molar-refractivity contribution >= 4 is 62.7 Å². The number of nitrogens with zero attached hydrogens (tertiary/aromatic N) is 3. The van der Waals surface area contributed by atoms with Gasteiger partial charge in [-0.15, -0.1) is 11.8 Å². The van der Waals surface area contributed by atoms with E-state index in [1.165, 1.54) is 32.0 Å². The van der Waals surface area contributed by atoms with E-state index in [0.29, 0.717) is 128 Å². The lowest BCUT2D eigenvalue weighted by molar-refractivity contribution is -0.138. The molecule has 2 heterocycles. The number of thioether (sulfide) groups is 1. The van der Waals surface area contributed by atoms with Crippen LogP contribution in [0, 0.1) is 0 Å². The number of carbonyl (C=O) groups excluding carboxylic acids is 3. The Labute approximate surface area is 413 Å². The minimum atomic E-state index is -4.70. The van der Waals surface area contributed by atoms with Crippen LogP contribution < -0.4 is 41.6 Å². The maximum Gasteiger partial charge on any atom is 0.417 e. The summed E-state index contributed by atoms with van der Waals surface area (Å²) in [6.07, 6.45) is -1.03. The number of aromatic nitrogens is 3. The first-order chi connectivity index (χ1) is 33.3. The number of amides is 3. The van der Waals surface area contributed by atoms with Gasteiger partial charge < -0.3 is 55.8 Å². The zero-order chi connectivity index (χ0) is 51.3. The van der Waals surface area contributed by atoms with Crippen molar-refractivity contribution in [2.45, 2.75) is 60.4 Å². The van der Waals surface area contributed by atoms with Crippen LogP contribution in [0.2, 0.25) is 5.02 Å². The third-order valence-corrected chi connectivity index (χ3v) is 13.9. The Morgan fingerprint density at radius 1 is 0.786 bits per heavy atom. The molecule has 7 N–H and O–H groups in total. The molecule has 384 valence electrons. The normalized spacial score (nSPS) is 11.8.